The molecule has 1 N–H and O–H groups in total. The molecule has 1 amide bonds. The Labute approximate surface area is 159 Å². The predicted octanol–water partition coefficient (Wildman–Crippen LogP) is 3.51. The van der Waals surface area contributed by atoms with Gasteiger partial charge in [0.2, 0.25) is 0 Å². The number of carbonyl (C=O) groups is 1. The second kappa shape index (κ2) is 8.18. The summed E-state index contributed by atoms with van der Waals surface area (Å²) in [5.41, 5.74) is 3.55. The van der Waals surface area contributed by atoms with E-state index in [1.54, 1.807) is 6.20 Å². The maximum Gasteiger partial charge on any atom is 0.255 e. The smallest absolute Gasteiger partial charge is 0.255 e. The molecule has 1 unspecified atom stereocenters. The van der Waals surface area contributed by atoms with Crippen LogP contribution >= 0.6 is 0 Å². The first kappa shape index (κ1) is 17.5. The van der Waals surface area contributed by atoms with Crippen molar-refractivity contribution in [3.05, 3.63) is 78.0 Å². The molecule has 0 spiro atoms. The third-order valence-corrected chi connectivity index (χ3v) is 4.82. The van der Waals surface area contributed by atoms with Crippen LogP contribution in [-0.2, 0) is 11.3 Å². The molecule has 4 rings (SSSR count). The molecule has 5 nitrogen and oxygen atoms in total. The highest BCUT2D eigenvalue weighted by Gasteiger charge is 2.21. The van der Waals surface area contributed by atoms with E-state index in [0.717, 1.165) is 36.3 Å². The first-order valence-corrected chi connectivity index (χ1v) is 9.36. The van der Waals surface area contributed by atoms with Crippen molar-refractivity contribution >= 4 is 5.91 Å². The van der Waals surface area contributed by atoms with E-state index in [1.807, 2.05) is 53.2 Å². The molecule has 0 radical (unpaired) electrons. The molecule has 0 aliphatic carbocycles. The highest BCUT2D eigenvalue weighted by atomic mass is 16.5. The first-order chi connectivity index (χ1) is 13.3. The van der Waals surface area contributed by atoms with E-state index in [1.165, 1.54) is 0 Å². The van der Waals surface area contributed by atoms with Gasteiger partial charge in [0.1, 0.15) is 0 Å². The van der Waals surface area contributed by atoms with Gasteiger partial charge in [-0.3, -0.25) is 9.48 Å². The van der Waals surface area contributed by atoms with E-state index in [2.05, 4.69) is 22.5 Å². The van der Waals surface area contributed by atoms with Crippen molar-refractivity contribution in [3.8, 4) is 11.3 Å². The topological polar surface area (TPSA) is 56.1 Å². The lowest BCUT2D eigenvalue weighted by Gasteiger charge is -2.12. The molecule has 5 heteroatoms. The van der Waals surface area contributed by atoms with Crippen molar-refractivity contribution in [1.29, 1.82) is 0 Å². The van der Waals surface area contributed by atoms with Gasteiger partial charge in [-0.2, -0.15) is 5.10 Å². The van der Waals surface area contributed by atoms with Gasteiger partial charge < -0.3 is 10.1 Å². The molecule has 2 aromatic carbocycles. The van der Waals surface area contributed by atoms with Gasteiger partial charge in [0.05, 0.1) is 30.1 Å². The molecule has 1 aliphatic heterocycles. The van der Waals surface area contributed by atoms with E-state index >= 15 is 0 Å². The first-order valence-electron chi connectivity index (χ1n) is 9.36. The average molecular weight is 361 g/mol. The number of carbonyl (C=O) groups excluding carboxylic acids is 1. The summed E-state index contributed by atoms with van der Waals surface area (Å²) in [7, 11) is 0. The standard InChI is InChI=1S/C22H23N3O2/c26-22(23-14-19-12-7-13-27-19)20-15-24-25(16-17-8-3-1-4-9-17)21(20)18-10-5-2-6-11-18/h1-6,8-11,15,19H,7,12-14,16H2,(H,23,26). The minimum Gasteiger partial charge on any atom is -0.376 e. The molecule has 0 bridgehead atoms. The number of benzene rings is 2. The van der Waals surface area contributed by atoms with Crippen LogP contribution in [0.3, 0.4) is 0 Å². The normalized spacial score (nSPS) is 16.4. The van der Waals surface area contributed by atoms with Gasteiger partial charge >= 0.3 is 0 Å². The van der Waals surface area contributed by atoms with E-state index in [-0.39, 0.29) is 12.0 Å². The zero-order valence-corrected chi connectivity index (χ0v) is 15.2. The Morgan fingerprint density at radius 1 is 1.11 bits per heavy atom. The van der Waals surface area contributed by atoms with Crippen LogP contribution in [-0.4, -0.2) is 34.9 Å². The van der Waals surface area contributed by atoms with Crippen LogP contribution in [0, 0.1) is 0 Å². The van der Waals surface area contributed by atoms with E-state index < -0.39 is 0 Å². The van der Waals surface area contributed by atoms with Crippen molar-refractivity contribution < 1.29 is 9.53 Å². The highest BCUT2D eigenvalue weighted by Crippen LogP contribution is 2.24. The number of rotatable bonds is 6. The Hall–Kier alpha value is -2.92. The zero-order chi connectivity index (χ0) is 18.5. The maximum absolute atomic E-state index is 12.8. The van der Waals surface area contributed by atoms with Gasteiger partial charge in [-0.25, -0.2) is 0 Å². The van der Waals surface area contributed by atoms with Gasteiger partial charge in [0.25, 0.3) is 5.91 Å². The minimum atomic E-state index is -0.108. The van der Waals surface area contributed by atoms with E-state index in [4.69, 9.17) is 4.74 Å². The molecule has 138 valence electrons. The molecule has 0 saturated carbocycles. The van der Waals surface area contributed by atoms with Crippen LogP contribution in [0.15, 0.2) is 66.9 Å². The van der Waals surface area contributed by atoms with Gasteiger partial charge in [-0.05, 0) is 18.4 Å². The lowest BCUT2D eigenvalue weighted by Crippen LogP contribution is -2.31. The molecule has 3 aromatic rings. The summed E-state index contributed by atoms with van der Waals surface area (Å²) in [5.74, 6) is -0.108. The minimum absolute atomic E-state index is 0.108. The fourth-order valence-electron chi connectivity index (χ4n) is 3.44. The lowest BCUT2D eigenvalue weighted by molar-refractivity contribution is 0.0858. The van der Waals surface area contributed by atoms with Crippen molar-refractivity contribution in [1.82, 2.24) is 15.1 Å². The van der Waals surface area contributed by atoms with Crippen LogP contribution in [0.1, 0.15) is 28.8 Å². The Morgan fingerprint density at radius 3 is 2.56 bits per heavy atom. The zero-order valence-electron chi connectivity index (χ0n) is 15.2. The van der Waals surface area contributed by atoms with Crippen molar-refractivity contribution in [2.24, 2.45) is 0 Å². The summed E-state index contributed by atoms with van der Waals surface area (Å²) >= 11 is 0. The number of nitrogens with one attached hydrogen (secondary N) is 1. The highest BCUT2D eigenvalue weighted by molar-refractivity contribution is 5.99. The monoisotopic (exact) mass is 361 g/mol. The molecule has 1 aliphatic rings. The Bertz CT molecular complexity index is 884. The lowest BCUT2D eigenvalue weighted by atomic mass is 10.1. The van der Waals surface area contributed by atoms with Gasteiger partial charge in [0, 0.05) is 18.7 Å². The third-order valence-electron chi connectivity index (χ3n) is 4.82. The summed E-state index contributed by atoms with van der Waals surface area (Å²) in [6, 6.07) is 20.1. The fraction of sp³-hybridized carbons (Fsp3) is 0.273. The molecular weight excluding hydrogens is 338 g/mol. The third kappa shape index (κ3) is 4.09. The molecule has 1 fully saturated rings. The van der Waals surface area contributed by atoms with Crippen LogP contribution in [0.4, 0.5) is 0 Å². The molecule has 1 aromatic heterocycles. The number of nitrogens with zero attached hydrogens (tertiary/aromatic N) is 2. The maximum atomic E-state index is 12.8. The van der Waals surface area contributed by atoms with Crippen LogP contribution in [0.25, 0.3) is 11.3 Å². The second-order valence-corrected chi connectivity index (χ2v) is 6.76. The summed E-state index contributed by atoms with van der Waals surface area (Å²) in [4.78, 5) is 12.8. The van der Waals surface area contributed by atoms with Crippen LogP contribution in [0.5, 0.6) is 0 Å². The SMILES string of the molecule is O=C(NCC1CCCO1)c1cnn(Cc2ccccc2)c1-c1ccccc1. The van der Waals surface area contributed by atoms with E-state index in [0.29, 0.717) is 18.7 Å². The molecule has 1 atom stereocenters. The summed E-state index contributed by atoms with van der Waals surface area (Å²) in [6.07, 6.45) is 3.84. The van der Waals surface area contributed by atoms with Gasteiger partial charge in [0.15, 0.2) is 0 Å². The summed E-state index contributed by atoms with van der Waals surface area (Å²) in [6.45, 7) is 1.94. The van der Waals surface area contributed by atoms with Gasteiger partial charge in [-0.1, -0.05) is 60.7 Å². The largest absolute Gasteiger partial charge is 0.376 e. The Kier molecular flexibility index (Phi) is 5.30. The molecular formula is C22H23N3O2. The summed E-state index contributed by atoms with van der Waals surface area (Å²) < 4.78 is 7.50. The number of aromatic nitrogens is 2. The Morgan fingerprint density at radius 2 is 1.85 bits per heavy atom. The van der Waals surface area contributed by atoms with Gasteiger partial charge in [-0.15, -0.1) is 0 Å². The van der Waals surface area contributed by atoms with Crippen LogP contribution in [0.2, 0.25) is 0 Å². The quantitative estimate of drug-likeness (QED) is 0.731. The number of hydrogen-bond acceptors (Lipinski definition) is 3. The predicted molar refractivity (Wildman–Crippen MR) is 105 cm³/mol. The fourth-order valence-corrected chi connectivity index (χ4v) is 3.44. The van der Waals surface area contributed by atoms with Crippen molar-refractivity contribution in [3.63, 3.8) is 0 Å². The van der Waals surface area contributed by atoms with E-state index in [9.17, 15) is 4.79 Å². The number of ether oxygens (including phenoxy) is 1. The molecule has 2 heterocycles. The molecule has 27 heavy (non-hydrogen) atoms. The number of hydrogen-bond donors (Lipinski definition) is 1. The molecule has 1 saturated heterocycles. The second-order valence-electron chi connectivity index (χ2n) is 6.76. The average Bonchev–Trinajstić information content (AvgIpc) is 3.37. The van der Waals surface area contributed by atoms with Crippen molar-refractivity contribution in [2.45, 2.75) is 25.5 Å². The Balaban J connectivity index is 1.61. The van der Waals surface area contributed by atoms with Crippen molar-refractivity contribution in [2.75, 3.05) is 13.2 Å². The van der Waals surface area contributed by atoms with Crippen LogP contribution < -0.4 is 5.32 Å². The number of amides is 1. The summed E-state index contributed by atoms with van der Waals surface area (Å²) in [5, 5.41) is 7.52.